The standard InChI is InChI=1S/C28H25N7.ClH/c1-2-35-26-16-20(29)11-13-24(26)23-14-12-22(17-25(23)27(35)18-7-4-3-5-8-18)33-34-32-21-10-6-9-19(15-21)28(30)31;/h3-17,29H,2H2,1H3,(H4,30,31,32,33);1H/p+1. The van der Waals surface area contributed by atoms with E-state index in [4.69, 9.17) is 16.9 Å². The lowest BCUT2D eigenvalue weighted by molar-refractivity contribution is -0.655. The van der Waals surface area contributed by atoms with E-state index < -0.39 is 0 Å². The van der Waals surface area contributed by atoms with Gasteiger partial charge in [0.25, 0.3) is 0 Å². The molecular formula is C28H27ClN7+. The Hall–Kier alpha value is -4.49. The Morgan fingerprint density at radius 2 is 1.67 bits per heavy atom. The molecule has 0 aliphatic rings. The number of aryl methyl sites for hydroxylation is 1. The van der Waals surface area contributed by atoms with Crippen molar-refractivity contribution in [2.75, 3.05) is 11.2 Å². The Labute approximate surface area is 215 Å². The molecule has 180 valence electrons. The first-order chi connectivity index (χ1) is 17.0. The fourth-order valence-electron chi connectivity index (χ4n) is 4.42. The number of aromatic nitrogens is 1. The number of benzene rings is 4. The van der Waals surface area contributed by atoms with E-state index in [1.54, 1.807) is 18.2 Å². The third-order valence-electron chi connectivity index (χ3n) is 6.01. The fourth-order valence-corrected chi connectivity index (χ4v) is 4.42. The van der Waals surface area contributed by atoms with Gasteiger partial charge in [0.2, 0.25) is 11.2 Å². The molecule has 0 radical (unpaired) electrons. The van der Waals surface area contributed by atoms with E-state index in [2.05, 4.69) is 69.7 Å². The first kappa shape index (κ1) is 24.6. The molecule has 1 heterocycles. The van der Waals surface area contributed by atoms with E-state index in [1.807, 2.05) is 30.3 Å². The van der Waals surface area contributed by atoms with Crippen molar-refractivity contribution >= 4 is 57.0 Å². The van der Waals surface area contributed by atoms with Gasteiger partial charge in [0.05, 0.1) is 22.1 Å². The van der Waals surface area contributed by atoms with Crippen LogP contribution in [0.1, 0.15) is 12.5 Å². The average molecular weight is 497 g/mol. The Balaban J connectivity index is 0.00000304. The van der Waals surface area contributed by atoms with Crippen LogP contribution in [0.4, 0.5) is 17.1 Å². The summed E-state index contributed by atoms with van der Waals surface area (Å²) in [4.78, 5) is 0. The molecule has 8 heteroatoms. The second-order valence-electron chi connectivity index (χ2n) is 8.27. The third kappa shape index (κ3) is 4.69. The number of nitrogens with zero attached hydrogens (tertiary/aromatic N) is 3. The predicted molar refractivity (Wildman–Crippen MR) is 150 cm³/mol. The highest BCUT2D eigenvalue weighted by atomic mass is 35.5. The van der Waals surface area contributed by atoms with Crippen molar-refractivity contribution in [3.8, 4) is 11.3 Å². The summed E-state index contributed by atoms with van der Waals surface area (Å²) < 4.78 is 2.31. The zero-order chi connectivity index (χ0) is 24.4. The summed E-state index contributed by atoms with van der Waals surface area (Å²) in [6.45, 7) is 2.94. The number of rotatable bonds is 6. The number of nitrogens with one attached hydrogen (secondary N) is 2. The van der Waals surface area contributed by atoms with E-state index in [1.165, 1.54) is 0 Å². The number of nitrogens with two attached hydrogens (primary N) is 2. The van der Waals surface area contributed by atoms with Gasteiger partial charge in [-0.05, 0) is 55.5 Å². The molecule has 5 aromatic rings. The molecule has 0 spiro atoms. The highest BCUT2D eigenvalue weighted by Crippen LogP contribution is 2.34. The number of nitrogen functional groups attached to an aromatic ring is 2. The molecule has 7 nitrogen and oxygen atoms in total. The Kier molecular flexibility index (Phi) is 7.12. The van der Waals surface area contributed by atoms with Gasteiger partial charge in [0.15, 0.2) is 0 Å². The zero-order valence-electron chi connectivity index (χ0n) is 19.8. The Morgan fingerprint density at radius 1 is 0.889 bits per heavy atom. The lowest BCUT2D eigenvalue weighted by Crippen LogP contribution is -2.36. The molecule has 6 N–H and O–H groups in total. The van der Waals surface area contributed by atoms with Gasteiger partial charge in [-0.25, -0.2) is 0 Å². The molecular weight excluding hydrogens is 470 g/mol. The lowest BCUT2D eigenvalue weighted by Gasteiger charge is -2.12. The summed E-state index contributed by atoms with van der Waals surface area (Å²) in [5, 5.41) is 19.4. The summed E-state index contributed by atoms with van der Waals surface area (Å²) in [6, 6.07) is 29.8. The normalized spacial score (nSPS) is 11.0. The highest BCUT2D eigenvalue weighted by molar-refractivity contribution is 6.10. The predicted octanol–water partition coefficient (Wildman–Crippen LogP) is 6.37. The number of hydrogen-bond acceptors (Lipinski definition) is 4. The molecule has 5 rings (SSSR count). The Morgan fingerprint density at radius 3 is 2.42 bits per heavy atom. The molecule has 0 saturated carbocycles. The third-order valence-corrected chi connectivity index (χ3v) is 6.01. The summed E-state index contributed by atoms with van der Waals surface area (Å²) in [7, 11) is 0. The van der Waals surface area contributed by atoms with Crippen LogP contribution in [0.3, 0.4) is 0 Å². The minimum absolute atomic E-state index is 0. The monoisotopic (exact) mass is 496 g/mol. The molecule has 0 unspecified atom stereocenters. The van der Waals surface area contributed by atoms with E-state index in [0.717, 1.165) is 50.9 Å². The molecule has 0 bridgehead atoms. The van der Waals surface area contributed by atoms with E-state index in [-0.39, 0.29) is 18.2 Å². The molecule has 0 aliphatic carbocycles. The van der Waals surface area contributed by atoms with Gasteiger partial charge < -0.3 is 11.5 Å². The van der Waals surface area contributed by atoms with Crippen molar-refractivity contribution < 1.29 is 4.57 Å². The summed E-state index contributed by atoms with van der Waals surface area (Å²) in [5.41, 5.74) is 20.9. The van der Waals surface area contributed by atoms with Gasteiger partial charge in [-0.15, -0.1) is 17.5 Å². The van der Waals surface area contributed by atoms with Crippen LogP contribution in [-0.4, -0.2) is 5.84 Å². The van der Waals surface area contributed by atoms with Crippen LogP contribution >= 0.6 is 12.4 Å². The van der Waals surface area contributed by atoms with Crippen LogP contribution in [0.2, 0.25) is 0 Å². The van der Waals surface area contributed by atoms with E-state index in [0.29, 0.717) is 11.3 Å². The van der Waals surface area contributed by atoms with Crippen molar-refractivity contribution in [1.82, 2.24) is 0 Å². The van der Waals surface area contributed by atoms with Crippen LogP contribution in [0, 0.1) is 5.41 Å². The van der Waals surface area contributed by atoms with Crippen LogP contribution in [0.25, 0.3) is 32.9 Å². The summed E-state index contributed by atoms with van der Waals surface area (Å²) in [5.74, 6) is -0.00353. The summed E-state index contributed by atoms with van der Waals surface area (Å²) in [6.07, 6.45) is 0. The second kappa shape index (κ2) is 10.4. The van der Waals surface area contributed by atoms with Gasteiger partial charge in [-0.1, -0.05) is 41.6 Å². The minimum Gasteiger partial charge on any atom is -0.399 e. The van der Waals surface area contributed by atoms with Crippen molar-refractivity contribution in [2.24, 2.45) is 16.1 Å². The van der Waals surface area contributed by atoms with Crippen LogP contribution in [0.5, 0.6) is 0 Å². The number of fused-ring (bicyclic) bond motifs is 3. The number of anilines is 2. The molecule has 0 fully saturated rings. The number of pyridine rings is 1. The number of amidine groups is 1. The highest BCUT2D eigenvalue weighted by Gasteiger charge is 2.22. The molecule has 0 atom stereocenters. The smallest absolute Gasteiger partial charge is 0.220 e. The van der Waals surface area contributed by atoms with Gasteiger partial charge in [-0.3, -0.25) is 10.8 Å². The molecule has 36 heavy (non-hydrogen) atoms. The maximum atomic E-state index is 7.59. The molecule has 0 aliphatic heterocycles. The maximum absolute atomic E-state index is 7.59. The molecule has 0 saturated heterocycles. The van der Waals surface area contributed by atoms with Crippen LogP contribution in [0.15, 0.2) is 101 Å². The van der Waals surface area contributed by atoms with Crippen LogP contribution < -0.4 is 21.5 Å². The van der Waals surface area contributed by atoms with Gasteiger partial charge in [0, 0.05) is 28.3 Å². The minimum atomic E-state index is -0.00353. The molecule has 1 aromatic heterocycles. The zero-order valence-corrected chi connectivity index (χ0v) is 20.6. The average Bonchev–Trinajstić information content (AvgIpc) is 2.88. The van der Waals surface area contributed by atoms with Crippen molar-refractivity contribution in [3.05, 3.63) is 96.6 Å². The second-order valence-corrected chi connectivity index (χ2v) is 8.27. The first-order valence-corrected chi connectivity index (χ1v) is 11.4. The molecule has 4 aromatic carbocycles. The van der Waals surface area contributed by atoms with Crippen molar-refractivity contribution in [1.29, 1.82) is 5.41 Å². The van der Waals surface area contributed by atoms with Gasteiger partial charge in [0.1, 0.15) is 12.4 Å². The number of halogens is 1. The Bertz CT molecular complexity index is 1600. The van der Waals surface area contributed by atoms with E-state index >= 15 is 0 Å². The summed E-state index contributed by atoms with van der Waals surface area (Å²) >= 11 is 0. The SMILES string of the molecule is CC[n+]1c(-c2ccccc2)c2cc(NN=Nc3cccc(C(=N)N)c3)ccc2c2ccc(N)cc21.Cl. The molecule has 0 amide bonds. The fraction of sp³-hybridized carbons (Fsp3) is 0.0714. The first-order valence-electron chi connectivity index (χ1n) is 11.4. The van der Waals surface area contributed by atoms with E-state index in [9.17, 15) is 0 Å². The van der Waals surface area contributed by atoms with Crippen molar-refractivity contribution in [2.45, 2.75) is 13.5 Å². The largest absolute Gasteiger partial charge is 0.399 e. The lowest BCUT2D eigenvalue weighted by atomic mass is 9.98. The topological polar surface area (TPSA) is 117 Å². The van der Waals surface area contributed by atoms with Gasteiger partial charge >= 0.3 is 0 Å². The maximum Gasteiger partial charge on any atom is 0.220 e. The number of hydrogen-bond donors (Lipinski definition) is 4. The van der Waals surface area contributed by atoms with Crippen molar-refractivity contribution in [3.63, 3.8) is 0 Å². The van der Waals surface area contributed by atoms with Crippen LogP contribution in [-0.2, 0) is 6.54 Å². The quantitative estimate of drug-likeness (QED) is 0.0416. The van der Waals surface area contributed by atoms with Gasteiger partial charge in [-0.2, -0.15) is 4.57 Å².